The van der Waals surface area contributed by atoms with Crippen molar-refractivity contribution in [2.75, 3.05) is 0 Å². The molecule has 0 saturated heterocycles. The summed E-state index contributed by atoms with van der Waals surface area (Å²) in [5.41, 5.74) is 8.22. The smallest absolute Gasteiger partial charge is 0.130 e. The minimum absolute atomic E-state index is 0.228. The van der Waals surface area contributed by atoms with Gasteiger partial charge in [-0.25, -0.2) is 4.98 Å². The quantitative estimate of drug-likeness (QED) is 0.751. The second-order valence-electron chi connectivity index (χ2n) is 3.95. The van der Waals surface area contributed by atoms with Crippen molar-refractivity contribution in [3.8, 4) is 0 Å². The van der Waals surface area contributed by atoms with Crippen LogP contribution in [0.5, 0.6) is 0 Å². The van der Waals surface area contributed by atoms with Crippen LogP contribution in [0.1, 0.15) is 17.4 Å². The first-order valence-corrected chi connectivity index (χ1v) is 6.19. The summed E-state index contributed by atoms with van der Waals surface area (Å²) in [5, 5.41) is 2.04. The molecular weight excluding hydrogens is 232 g/mol. The molecule has 0 fully saturated rings. The second-order valence-corrected chi connectivity index (χ2v) is 4.89. The number of pyridine rings is 1. The molecule has 0 bridgehead atoms. The number of hydrogen-bond acceptors (Lipinski definition) is 4. The predicted octanol–water partition coefficient (Wildman–Crippen LogP) is 2.08. The topological polar surface area (TPSA) is 56.7 Å². The molecule has 0 saturated carbocycles. The van der Waals surface area contributed by atoms with Crippen molar-refractivity contribution in [3.63, 3.8) is 0 Å². The van der Waals surface area contributed by atoms with Crippen molar-refractivity contribution in [2.24, 2.45) is 12.8 Å². The van der Waals surface area contributed by atoms with Gasteiger partial charge in [0, 0.05) is 25.6 Å². The number of rotatable bonds is 2. The zero-order chi connectivity index (χ0) is 11.8. The van der Waals surface area contributed by atoms with Crippen molar-refractivity contribution in [1.29, 1.82) is 0 Å². The highest BCUT2D eigenvalue weighted by Crippen LogP contribution is 2.24. The Morgan fingerprint density at radius 2 is 2.29 bits per heavy atom. The molecule has 0 amide bonds. The summed E-state index contributed by atoms with van der Waals surface area (Å²) in [6, 6.07) is 3.87. The van der Waals surface area contributed by atoms with Crippen LogP contribution in [0.2, 0.25) is 0 Å². The van der Waals surface area contributed by atoms with Crippen LogP contribution >= 0.6 is 11.3 Å². The van der Waals surface area contributed by atoms with E-state index in [-0.39, 0.29) is 6.04 Å². The minimum Gasteiger partial charge on any atom is -0.336 e. The maximum atomic E-state index is 6.20. The van der Waals surface area contributed by atoms with Crippen LogP contribution in [0.25, 0.3) is 10.2 Å². The van der Waals surface area contributed by atoms with Crippen LogP contribution < -0.4 is 5.73 Å². The standard InChI is InChI=1S/C12H12N4S/c1-16-4-3-14-12(16)11(13)8-6-10-9(15-7-8)2-5-17-10/h2-7,11H,13H2,1H3. The fourth-order valence-corrected chi connectivity index (χ4v) is 2.65. The van der Waals surface area contributed by atoms with Crippen molar-refractivity contribution in [2.45, 2.75) is 6.04 Å². The number of aromatic nitrogens is 3. The normalized spacial score (nSPS) is 13.1. The van der Waals surface area contributed by atoms with Crippen LogP contribution in [-0.2, 0) is 7.05 Å². The Labute approximate surface area is 103 Å². The Kier molecular flexibility index (Phi) is 2.42. The van der Waals surface area contributed by atoms with Crippen LogP contribution in [0.3, 0.4) is 0 Å². The molecule has 0 aliphatic rings. The van der Waals surface area contributed by atoms with Crippen LogP contribution in [0, 0.1) is 0 Å². The van der Waals surface area contributed by atoms with Crippen LogP contribution in [-0.4, -0.2) is 14.5 Å². The van der Waals surface area contributed by atoms with E-state index in [0.29, 0.717) is 0 Å². The molecule has 3 heterocycles. The molecule has 3 aromatic heterocycles. The lowest BCUT2D eigenvalue weighted by molar-refractivity contribution is 0.715. The van der Waals surface area contributed by atoms with E-state index in [9.17, 15) is 0 Å². The zero-order valence-corrected chi connectivity index (χ0v) is 10.2. The number of nitrogens with zero attached hydrogens (tertiary/aromatic N) is 3. The van der Waals surface area contributed by atoms with E-state index in [1.165, 1.54) is 0 Å². The van der Waals surface area contributed by atoms with Gasteiger partial charge in [-0.3, -0.25) is 4.98 Å². The first-order valence-electron chi connectivity index (χ1n) is 5.31. The van der Waals surface area contributed by atoms with E-state index in [2.05, 4.69) is 16.0 Å². The van der Waals surface area contributed by atoms with E-state index < -0.39 is 0 Å². The largest absolute Gasteiger partial charge is 0.336 e. The first kappa shape index (κ1) is 10.4. The molecule has 5 heteroatoms. The molecule has 86 valence electrons. The molecule has 1 atom stereocenters. The van der Waals surface area contributed by atoms with E-state index >= 15 is 0 Å². The summed E-state index contributed by atoms with van der Waals surface area (Å²) in [5.74, 6) is 0.850. The molecule has 0 aromatic carbocycles. The fraction of sp³-hybridized carbons (Fsp3) is 0.167. The highest BCUT2D eigenvalue weighted by atomic mass is 32.1. The first-order chi connectivity index (χ1) is 8.25. The third-order valence-corrected chi connectivity index (χ3v) is 3.67. The van der Waals surface area contributed by atoms with E-state index in [0.717, 1.165) is 21.6 Å². The van der Waals surface area contributed by atoms with Crippen molar-refractivity contribution >= 4 is 21.6 Å². The van der Waals surface area contributed by atoms with Crippen molar-refractivity contribution < 1.29 is 0 Å². The van der Waals surface area contributed by atoms with Gasteiger partial charge in [0.2, 0.25) is 0 Å². The van der Waals surface area contributed by atoms with Gasteiger partial charge in [-0.2, -0.15) is 0 Å². The number of aryl methyl sites for hydroxylation is 1. The fourth-order valence-electron chi connectivity index (χ4n) is 1.86. The summed E-state index contributed by atoms with van der Waals surface area (Å²) in [7, 11) is 1.94. The maximum Gasteiger partial charge on any atom is 0.130 e. The monoisotopic (exact) mass is 244 g/mol. The molecule has 0 aliphatic heterocycles. The van der Waals surface area contributed by atoms with Crippen LogP contribution in [0.15, 0.2) is 36.1 Å². The van der Waals surface area contributed by atoms with Crippen molar-refractivity contribution in [3.05, 3.63) is 47.5 Å². The number of thiophene rings is 1. The van der Waals surface area contributed by atoms with E-state index in [1.807, 2.05) is 35.5 Å². The molecule has 17 heavy (non-hydrogen) atoms. The Hall–Kier alpha value is -1.72. The molecule has 0 aliphatic carbocycles. The van der Waals surface area contributed by atoms with Gasteiger partial charge in [-0.15, -0.1) is 11.3 Å². The van der Waals surface area contributed by atoms with Gasteiger partial charge < -0.3 is 10.3 Å². The molecule has 0 radical (unpaired) electrons. The molecule has 3 aromatic rings. The Morgan fingerprint density at radius 3 is 3.06 bits per heavy atom. The highest BCUT2D eigenvalue weighted by molar-refractivity contribution is 7.17. The Bertz CT molecular complexity index is 655. The van der Waals surface area contributed by atoms with Gasteiger partial charge in [0.25, 0.3) is 0 Å². The Balaban J connectivity index is 2.06. The third kappa shape index (κ3) is 1.73. The molecular formula is C12H12N4S. The lowest BCUT2D eigenvalue weighted by Gasteiger charge is -2.11. The van der Waals surface area contributed by atoms with Gasteiger partial charge in [0.05, 0.1) is 16.3 Å². The second kappa shape index (κ2) is 3.94. The molecule has 4 nitrogen and oxygen atoms in total. The summed E-state index contributed by atoms with van der Waals surface area (Å²) in [6.45, 7) is 0. The lowest BCUT2D eigenvalue weighted by Crippen LogP contribution is -2.16. The van der Waals surface area contributed by atoms with Gasteiger partial charge in [-0.1, -0.05) is 0 Å². The van der Waals surface area contributed by atoms with Gasteiger partial charge in [0.1, 0.15) is 5.82 Å². The summed E-state index contributed by atoms with van der Waals surface area (Å²) in [4.78, 5) is 8.67. The molecule has 2 N–H and O–H groups in total. The van der Waals surface area contributed by atoms with Gasteiger partial charge >= 0.3 is 0 Å². The van der Waals surface area contributed by atoms with Gasteiger partial charge in [-0.05, 0) is 23.1 Å². The maximum absolute atomic E-state index is 6.20. The average Bonchev–Trinajstić information content (AvgIpc) is 2.95. The number of imidazole rings is 1. The highest BCUT2D eigenvalue weighted by Gasteiger charge is 2.14. The van der Waals surface area contributed by atoms with Crippen LogP contribution in [0.4, 0.5) is 0 Å². The molecule has 1 unspecified atom stereocenters. The minimum atomic E-state index is -0.228. The molecule has 0 spiro atoms. The third-order valence-electron chi connectivity index (χ3n) is 2.82. The number of nitrogens with two attached hydrogens (primary N) is 1. The van der Waals surface area contributed by atoms with E-state index in [4.69, 9.17) is 5.73 Å². The molecule has 3 rings (SSSR count). The van der Waals surface area contributed by atoms with E-state index in [1.54, 1.807) is 17.5 Å². The van der Waals surface area contributed by atoms with Gasteiger partial charge in [0.15, 0.2) is 0 Å². The van der Waals surface area contributed by atoms with Crippen molar-refractivity contribution in [1.82, 2.24) is 14.5 Å². The zero-order valence-electron chi connectivity index (χ0n) is 9.37. The Morgan fingerprint density at radius 1 is 1.41 bits per heavy atom. The summed E-state index contributed by atoms with van der Waals surface area (Å²) in [6.07, 6.45) is 5.48. The predicted molar refractivity (Wildman–Crippen MR) is 68.9 cm³/mol. The average molecular weight is 244 g/mol. The summed E-state index contributed by atoms with van der Waals surface area (Å²) < 4.78 is 3.09. The SMILES string of the molecule is Cn1ccnc1C(N)c1cnc2ccsc2c1. The lowest BCUT2D eigenvalue weighted by atomic mass is 10.1. The number of hydrogen-bond donors (Lipinski definition) is 1. The summed E-state index contributed by atoms with van der Waals surface area (Å²) >= 11 is 1.68. The number of fused-ring (bicyclic) bond motifs is 1.